The van der Waals surface area contributed by atoms with Crippen LogP contribution in [0, 0.1) is 0 Å². The maximum Gasteiger partial charge on any atom is 0.290 e. The summed E-state index contributed by atoms with van der Waals surface area (Å²) in [5.74, 6) is -1.69. The second-order valence-corrected chi connectivity index (χ2v) is 6.17. The zero-order valence-corrected chi connectivity index (χ0v) is 14.4. The number of hydrogen-bond acceptors (Lipinski definition) is 4. The van der Waals surface area contributed by atoms with E-state index in [1.807, 2.05) is 0 Å². The molecule has 0 fully saturated rings. The average Bonchev–Trinajstić information content (AvgIpc) is 2.72. The molecule has 6 nitrogen and oxygen atoms in total. The van der Waals surface area contributed by atoms with Gasteiger partial charge < -0.3 is 15.3 Å². The normalized spacial score (nSPS) is 17.6. The van der Waals surface area contributed by atoms with Crippen molar-refractivity contribution in [2.24, 2.45) is 0 Å². The average molecular weight is 381 g/mol. The summed E-state index contributed by atoms with van der Waals surface area (Å²) in [6.45, 7) is 3.14. The summed E-state index contributed by atoms with van der Waals surface area (Å²) in [5, 5.41) is 12.7. The maximum atomic E-state index is 12.3. The van der Waals surface area contributed by atoms with Crippen molar-refractivity contribution in [3.8, 4) is 0 Å². The molecule has 1 heterocycles. The van der Waals surface area contributed by atoms with Gasteiger partial charge in [-0.25, -0.2) is 0 Å². The second kappa shape index (κ2) is 6.95. The highest BCUT2D eigenvalue weighted by molar-refractivity contribution is 9.10. The Morgan fingerprint density at radius 2 is 1.87 bits per heavy atom. The highest BCUT2D eigenvalue weighted by atomic mass is 79.9. The van der Waals surface area contributed by atoms with Crippen LogP contribution in [0.2, 0.25) is 0 Å². The molecule has 122 valence electrons. The largest absolute Gasteiger partial charge is 0.503 e. The lowest BCUT2D eigenvalue weighted by Crippen LogP contribution is -2.37. The van der Waals surface area contributed by atoms with Crippen LogP contribution in [0.5, 0.6) is 0 Å². The molecule has 0 unspecified atom stereocenters. The summed E-state index contributed by atoms with van der Waals surface area (Å²) in [7, 11) is 0. The third-order valence-electron chi connectivity index (χ3n) is 3.60. The van der Waals surface area contributed by atoms with E-state index in [4.69, 9.17) is 0 Å². The van der Waals surface area contributed by atoms with Crippen LogP contribution in [0.4, 0.5) is 0 Å². The monoisotopic (exact) mass is 380 g/mol. The number of hydrogen-bond donors (Lipinski definition) is 2. The Bertz CT molecular complexity index is 682. The number of ketones is 1. The fourth-order valence-corrected chi connectivity index (χ4v) is 2.85. The molecule has 23 heavy (non-hydrogen) atoms. The number of benzene rings is 1. The molecular weight excluding hydrogens is 364 g/mol. The standard InChI is InChI=1S/C16H17BrN2O4/c1-9(20)13-14(11-3-5-12(17)6-4-11)19(16(23)15(13)22)8-7-18-10(2)21/h3-6,14,22H,7-8H2,1-2H3,(H,18,21)/t14-/m1/s1. The number of aliphatic hydroxyl groups excluding tert-OH is 1. The molecule has 0 aromatic heterocycles. The van der Waals surface area contributed by atoms with Gasteiger partial charge in [0, 0.05) is 24.5 Å². The summed E-state index contributed by atoms with van der Waals surface area (Å²) in [6, 6.07) is 6.53. The third-order valence-corrected chi connectivity index (χ3v) is 4.12. The summed E-state index contributed by atoms with van der Waals surface area (Å²) in [5.41, 5.74) is 0.804. The van der Waals surface area contributed by atoms with Crippen molar-refractivity contribution in [2.75, 3.05) is 13.1 Å². The summed E-state index contributed by atoms with van der Waals surface area (Å²) < 4.78 is 0.868. The van der Waals surface area contributed by atoms with Crippen molar-refractivity contribution < 1.29 is 19.5 Å². The van der Waals surface area contributed by atoms with E-state index in [1.165, 1.54) is 18.7 Å². The Kier molecular flexibility index (Phi) is 5.20. The minimum absolute atomic E-state index is 0.0835. The summed E-state index contributed by atoms with van der Waals surface area (Å²) in [6.07, 6.45) is 0. The molecule has 0 bridgehead atoms. The molecule has 0 aliphatic carbocycles. The molecule has 2 rings (SSSR count). The second-order valence-electron chi connectivity index (χ2n) is 5.25. The highest BCUT2D eigenvalue weighted by Crippen LogP contribution is 2.37. The van der Waals surface area contributed by atoms with Gasteiger partial charge in [0.2, 0.25) is 5.91 Å². The number of amides is 2. The van der Waals surface area contributed by atoms with Gasteiger partial charge in [0.15, 0.2) is 11.5 Å². The summed E-state index contributed by atoms with van der Waals surface area (Å²) in [4.78, 5) is 36.6. The Hall–Kier alpha value is -2.15. The van der Waals surface area contributed by atoms with Crippen LogP contribution >= 0.6 is 15.9 Å². The SMILES string of the molecule is CC(=O)NCCN1C(=O)C(O)=C(C(C)=O)[C@H]1c1ccc(Br)cc1. The van der Waals surface area contributed by atoms with E-state index >= 15 is 0 Å². The van der Waals surface area contributed by atoms with Gasteiger partial charge in [-0.05, 0) is 24.6 Å². The predicted octanol–water partition coefficient (Wildman–Crippen LogP) is 1.87. The first kappa shape index (κ1) is 17.2. The number of carbonyl (C=O) groups is 3. The van der Waals surface area contributed by atoms with Crippen molar-refractivity contribution in [2.45, 2.75) is 19.9 Å². The first-order valence-corrected chi connectivity index (χ1v) is 7.87. The first-order valence-electron chi connectivity index (χ1n) is 7.08. The van der Waals surface area contributed by atoms with Crippen LogP contribution in [0.15, 0.2) is 40.1 Å². The van der Waals surface area contributed by atoms with Crippen LogP contribution < -0.4 is 5.32 Å². The van der Waals surface area contributed by atoms with E-state index in [0.29, 0.717) is 0 Å². The van der Waals surface area contributed by atoms with Crippen LogP contribution in [0.1, 0.15) is 25.5 Å². The molecule has 1 atom stereocenters. The molecule has 1 aliphatic heterocycles. The molecule has 0 saturated heterocycles. The number of rotatable bonds is 5. The van der Waals surface area contributed by atoms with E-state index in [2.05, 4.69) is 21.2 Å². The Morgan fingerprint density at radius 3 is 2.39 bits per heavy atom. The number of aliphatic hydroxyl groups is 1. The van der Waals surface area contributed by atoms with Crippen molar-refractivity contribution in [1.29, 1.82) is 0 Å². The zero-order chi connectivity index (χ0) is 17.1. The molecule has 0 saturated carbocycles. The lowest BCUT2D eigenvalue weighted by atomic mass is 9.97. The van der Waals surface area contributed by atoms with E-state index < -0.39 is 17.7 Å². The van der Waals surface area contributed by atoms with Crippen LogP contribution in [0.3, 0.4) is 0 Å². The molecule has 0 spiro atoms. The van der Waals surface area contributed by atoms with Gasteiger partial charge in [0.25, 0.3) is 5.91 Å². The predicted molar refractivity (Wildman–Crippen MR) is 87.6 cm³/mol. The molecule has 0 radical (unpaired) electrons. The Labute approximate surface area is 142 Å². The van der Waals surface area contributed by atoms with E-state index in [0.717, 1.165) is 10.0 Å². The number of nitrogens with zero attached hydrogens (tertiary/aromatic N) is 1. The smallest absolute Gasteiger partial charge is 0.290 e. The number of halogens is 1. The third kappa shape index (κ3) is 3.61. The van der Waals surface area contributed by atoms with Gasteiger partial charge in [-0.3, -0.25) is 14.4 Å². The first-order chi connectivity index (χ1) is 10.8. The van der Waals surface area contributed by atoms with E-state index in [1.54, 1.807) is 24.3 Å². The van der Waals surface area contributed by atoms with Gasteiger partial charge in [-0.1, -0.05) is 28.1 Å². The van der Waals surface area contributed by atoms with E-state index in [9.17, 15) is 19.5 Å². The molecular formula is C16H17BrN2O4. The lowest BCUT2D eigenvalue weighted by molar-refractivity contribution is -0.129. The minimum atomic E-state index is -0.651. The van der Waals surface area contributed by atoms with Gasteiger partial charge in [0.1, 0.15) is 0 Å². The molecule has 7 heteroatoms. The minimum Gasteiger partial charge on any atom is -0.503 e. The molecule has 2 N–H and O–H groups in total. The molecule has 1 aromatic rings. The van der Waals surface area contributed by atoms with Crippen molar-refractivity contribution >= 4 is 33.5 Å². The van der Waals surface area contributed by atoms with Crippen LogP contribution in [0.25, 0.3) is 0 Å². The van der Waals surface area contributed by atoms with Gasteiger partial charge in [0.05, 0.1) is 11.6 Å². The Morgan fingerprint density at radius 1 is 1.26 bits per heavy atom. The number of Topliss-reactive ketones (excluding diaryl/α,β-unsaturated/α-hetero) is 1. The number of carbonyl (C=O) groups excluding carboxylic acids is 3. The van der Waals surface area contributed by atoms with Crippen molar-refractivity contribution in [3.05, 3.63) is 45.6 Å². The molecule has 1 aliphatic rings. The number of nitrogens with one attached hydrogen (secondary N) is 1. The molecule has 1 aromatic carbocycles. The lowest BCUT2D eigenvalue weighted by Gasteiger charge is -2.26. The van der Waals surface area contributed by atoms with Gasteiger partial charge in [-0.15, -0.1) is 0 Å². The van der Waals surface area contributed by atoms with Gasteiger partial charge in [-0.2, -0.15) is 0 Å². The molecule has 2 amide bonds. The highest BCUT2D eigenvalue weighted by Gasteiger charge is 2.41. The van der Waals surface area contributed by atoms with Crippen LogP contribution in [-0.2, 0) is 14.4 Å². The van der Waals surface area contributed by atoms with E-state index in [-0.39, 0.29) is 30.4 Å². The maximum absolute atomic E-state index is 12.3. The summed E-state index contributed by atoms with van der Waals surface area (Å²) >= 11 is 3.34. The quantitative estimate of drug-likeness (QED) is 0.816. The van der Waals surface area contributed by atoms with Crippen LogP contribution in [-0.4, -0.2) is 40.7 Å². The Balaban J connectivity index is 2.36. The fraction of sp³-hybridized carbons (Fsp3) is 0.312. The van der Waals surface area contributed by atoms with Crippen molar-refractivity contribution in [1.82, 2.24) is 10.2 Å². The zero-order valence-electron chi connectivity index (χ0n) is 12.8. The van der Waals surface area contributed by atoms with Gasteiger partial charge >= 0.3 is 0 Å². The van der Waals surface area contributed by atoms with Crippen molar-refractivity contribution in [3.63, 3.8) is 0 Å². The fourth-order valence-electron chi connectivity index (χ4n) is 2.59. The topological polar surface area (TPSA) is 86.7 Å².